The van der Waals surface area contributed by atoms with Crippen LogP contribution in [0.4, 0.5) is 11.4 Å². The normalized spacial score (nSPS) is 10.3. The number of hydrogen-bond acceptors (Lipinski definition) is 3. The van der Waals surface area contributed by atoms with E-state index in [1.165, 1.54) is 0 Å². The highest BCUT2D eigenvalue weighted by Gasteiger charge is 2.07. The van der Waals surface area contributed by atoms with Gasteiger partial charge in [-0.25, -0.2) is 0 Å². The van der Waals surface area contributed by atoms with Crippen molar-refractivity contribution in [2.45, 2.75) is 26.7 Å². The third-order valence-electron chi connectivity index (χ3n) is 4.17. The van der Waals surface area contributed by atoms with Crippen molar-refractivity contribution >= 4 is 23.2 Å². The van der Waals surface area contributed by atoms with Crippen LogP contribution in [0.2, 0.25) is 0 Å². The number of rotatable bonds is 7. The molecule has 0 bridgehead atoms. The van der Waals surface area contributed by atoms with Crippen LogP contribution in [0.1, 0.15) is 23.1 Å². The molecular weight excluding hydrogens is 326 g/mol. The average molecular weight is 353 g/mol. The summed E-state index contributed by atoms with van der Waals surface area (Å²) in [5.41, 5.74) is 5.00. The molecule has 2 N–H and O–H groups in total. The molecule has 5 nitrogen and oxygen atoms in total. The molecule has 0 aliphatic heterocycles. The molecule has 26 heavy (non-hydrogen) atoms. The molecule has 0 heterocycles. The molecular formula is C21H27N3O2. The van der Waals surface area contributed by atoms with Crippen LogP contribution in [0, 0.1) is 13.8 Å². The fraction of sp³-hybridized carbons (Fsp3) is 0.333. The topological polar surface area (TPSA) is 61.4 Å². The first-order chi connectivity index (χ1) is 12.3. The first-order valence-electron chi connectivity index (χ1n) is 8.75. The highest BCUT2D eigenvalue weighted by Crippen LogP contribution is 2.16. The van der Waals surface area contributed by atoms with Crippen molar-refractivity contribution in [3.8, 4) is 0 Å². The quantitative estimate of drug-likeness (QED) is 0.802. The number of carbonyl (C=O) groups is 2. The number of benzene rings is 2. The molecule has 0 unspecified atom stereocenters. The predicted molar refractivity (Wildman–Crippen MR) is 106 cm³/mol. The van der Waals surface area contributed by atoms with Crippen molar-refractivity contribution in [3.63, 3.8) is 0 Å². The summed E-state index contributed by atoms with van der Waals surface area (Å²) >= 11 is 0. The molecule has 0 aliphatic rings. The summed E-state index contributed by atoms with van der Waals surface area (Å²) in [6, 6.07) is 13.7. The number of hydrogen-bond donors (Lipinski definition) is 2. The minimum atomic E-state index is -0.104. The van der Waals surface area contributed by atoms with E-state index in [4.69, 9.17) is 0 Å². The third-order valence-corrected chi connectivity index (χ3v) is 4.17. The molecule has 0 radical (unpaired) electrons. The van der Waals surface area contributed by atoms with E-state index in [-0.39, 0.29) is 18.4 Å². The molecule has 2 aromatic rings. The van der Waals surface area contributed by atoms with Gasteiger partial charge in [0.2, 0.25) is 11.8 Å². The molecule has 0 aromatic heterocycles. The Labute approximate surface area is 155 Å². The first-order valence-corrected chi connectivity index (χ1v) is 8.75. The molecule has 0 saturated heterocycles. The number of amides is 2. The Balaban J connectivity index is 1.89. The second kappa shape index (κ2) is 9.04. The lowest BCUT2D eigenvalue weighted by Gasteiger charge is -2.12. The molecule has 2 aromatic carbocycles. The second-order valence-corrected chi connectivity index (χ2v) is 6.71. The highest BCUT2D eigenvalue weighted by molar-refractivity contribution is 5.93. The van der Waals surface area contributed by atoms with Gasteiger partial charge in [-0.3, -0.25) is 9.59 Å². The number of nitrogens with zero attached hydrogens (tertiary/aromatic N) is 1. The van der Waals surface area contributed by atoms with E-state index in [1.54, 1.807) is 19.0 Å². The lowest BCUT2D eigenvalue weighted by molar-refractivity contribution is -0.128. The first kappa shape index (κ1) is 19.5. The third kappa shape index (κ3) is 5.92. The molecule has 0 fully saturated rings. The van der Waals surface area contributed by atoms with Gasteiger partial charge in [0.15, 0.2) is 0 Å². The van der Waals surface area contributed by atoms with Crippen LogP contribution in [0.5, 0.6) is 0 Å². The lowest BCUT2D eigenvalue weighted by Crippen LogP contribution is -2.22. The van der Waals surface area contributed by atoms with Gasteiger partial charge in [0.05, 0.1) is 6.54 Å². The van der Waals surface area contributed by atoms with Gasteiger partial charge < -0.3 is 15.5 Å². The maximum Gasteiger partial charge on any atom is 0.243 e. The summed E-state index contributed by atoms with van der Waals surface area (Å²) in [5, 5.41) is 6.08. The van der Waals surface area contributed by atoms with Crippen molar-refractivity contribution in [1.29, 1.82) is 0 Å². The van der Waals surface area contributed by atoms with E-state index in [0.29, 0.717) is 12.8 Å². The standard InChI is InChI=1S/C21H27N3O2/c1-15-8-9-16(2)19(12-15)22-14-20(25)23-18-7-5-6-17(13-18)10-11-21(26)24(3)4/h5-9,12-13,22H,10-11,14H2,1-4H3,(H,23,25). The maximum absolute atomic E-state index is 12.2. The minimum Gasteiger partial charge on any atom is -0.376 e. The Morgan fingerprint density at radius 3 is 2.54 bits per heavy atom. The van der Waals surface area contributed by atoms with Crippen molar-refractivity contribution in [1.82, 2.24) is 4.90 Å². The summed E-state index contributed by atoms with van der Waals surface area (Å²) in [4.78, 5) is 25.5. The van der Waals surface area contributed by atoms with Gasteiger partial charge in [0.25, 0.3) is 0 Å². The molecule has 0 saturated carbocycles. The molecule has 0 spiro atoms. The Morgan fingerprint density at radius 1 is 1.04 bits per heavy atom. The summed E-state index contributed by atoms with van der Waals surface area (Å²) in [6.07, 6.45) is 1.11. The Bertz CT molecular complexity index is 785. The van der Waals surface area contributed by atoms with Crippen molar-refractivity contribution < 1.29 is 9.59 Å². The zero-order valence-electron chi connectivity index (χ0n) is 15.9. The molecule has 0 atom stereocenters. The summed E-state index contributed by atoms with van der Waals surface area (Å²) in [7, 11) is 3.50. The Morgan fingerprint density at radius 2 is 1.81 bits per heavy atom. The second-order valence-electron chi connectivity index (χ2n) is 6.71. The molecule has 2 amide bonds. The molecule has 138 valence electrons. The maximum atomic E-state index is 12.2. The lowest BCUT2D eigenvalue weighted by atomic mass is 10.1. The Hall–Kier alpha value is -2.82. The fourth-order valence-electron chi connectivity index (χ4n) is 2.59. The van der Waals surface area contributed by atoms with Gasteiger partial charge in [-0.1, -0.05) is 24.3 Å². The summed E-state index contributed by atoms with van der Waals surface area (Å²) in [5.74, 6) is -0.00964. The van der Waals surface area contributed by atoms with Crippen molar-refractivity contribution in [3.05, 3.63) is 59.2 Å². The predicted octanol–water partition coefficient (Wildman–Crippen LogP) is 3.37. The van der Waals surface area contributed by atoms with Crippen LogP contribution in [-0.4, -0.2) is 37.4 Å². The largest absolute Gasteiger partial charge is 0.376 e. The van der Waals surface area contributed by atoms with Crippen molar-refractivity contribution in [2.75, 3.05) is 31.3 Å². The van der Waals surface area contributed by atoms with E-state index in [2.05, 4.69) is 10.6 Å². The van der Waals surface area contributed by atoms with Crippen LogP contribution in [0.25, 0.3) is 0 Å². The molecule has 2 rings (SSSR count). The van der Waals surface area contributed by atoms with Gasteiger partial charge in [0, 0.05) is 31.9 Å². The van der Waals surface area contributed by atoms with E-state index in [1.807, 2.05) is 56.3 Å². The molecule has 0 aliphatic carbocycles. The Kier molecular flexibility index (Phi) is 6.78. The minimum absolute atomic E-state index is 0.0946. The molecule has 5 heteroatoms. The van der Waals surface area contributed by atoms with Crippen LogP contribution in [0.15, 0.2) is 42.5 Å². The van der Waals surface area contributed by atoms with Crippen molar-refractivity contribution in [2.24, 2.45) is 0 Å². The van der Waals surface area contributed by atoms with Gasteiger partial charge in [-0.15, -0.1) is 0 Å². The number of nitrogens with one attached hydrogen (secondary N) is 2. The zero-order valence-corrected chi connectivity index (χ0v) is 15.9. The van der Waals surface area contributed by atoms with E-state index in [9.17, 15) is 9.59 Å². The van der Waals surface area contributed by atoms with Gasteiger partial charge in [-0.05, 0) is 55.2 Å². The smallest absolute Gasteiger partial charge is 0.243 e. The zero-order chi connectivity index (χ0) is 19.1. The van der Waals surface area contributed by atoms with Gasteiger partial charge in [0.1, 0.15) is 0 Å². The average Bonchev–Trinajstić information content (AvgIpc) is 2.60. The highest BCUT2D eigenvalue weighted by atomic mass is 16.2. The van der Waals surface area contributed by atoms with Crippen LogP contribution >= 0.6 is 0 Å². The number of anilines is 2. The number of carbonyl (C=O) groups excluding carboxylic acids is 2. The van der Waals surface area contributed by atoms with Crippen LogP contribution in [0.3, 0.4) is 0 Å². The van der Waals surface area contributed by atoms with E-state index >= 15 is 0 Å². The fourth-order valence-corrected chi connectivity index (χ4v) is 2.59. The van der Waals surface area contributed by atoms with Crippen LogP contribution in [-0.2, 0) is 16.0 Å². The van der Waals surface area contributed by atoms with Crippen LogP contribution < -0.4 is 10.6 Å². The van der Waals surface area contributed by atoms with E-state index < -0.39 is 0 Å². The summed E-state index contributed by atoms with van der Waals surface area (Å²) < 4.78 is 0. The summed E-state index contributed by atoms with van der Waals surface area (Å²) in [6.45, 7) is 4.24. The van der Waals surface area contributed by atoms with Gasteiger partial charge >= 0.3 is 0 Å². The number of aryl methyl sites for hydroxylation is 3. The monoisotopic (exact) mass is 353 g/mol. The van der Waals surface area contributed by atoms with Gasteiger partial charge in [-0.2, -0.15) is 0 Å². The SMILES string of the molecule is Cc1ccc(C)c(NCC(=O)Nc2cccc(CCC(=O)N(C)C)c2)c1. The van der Waals surface area contributed by atoms with E-state index in [0.717, 1.165) is 28.1 Å².